The van der Waals surface area contributed by atoms with Gasteiger partial charge in [-0.3, -0.25) is 9.59 Å². The molecule has 2 amide bonds. The number of amides is 2. The average molecular weight is 486 g/mol. The van der Waals surface area contributed by atoms with Crippen LogP contribution in [0.3, 0.4) is 0 Å². The molecule has 182 valence electrons. The lowest BCUT2D eigenvalue weighted by Gasteiger charge is -2.32. The molecule has 1 N–H and O–H groups in total. The van der Waals surface area contributed by atoms with E-state index in [4.69, 9.17) is 4.74 Å². The lowest BCUT2D eigenvalue weighted by atomic mass is 9.90. The Bertz CT molecular complexity index is 1130. The minimum absolute atomic E-state index is 0.0439. The molecule has 2 aromatic carbocycles. The van der Waals surface area contributed by atoms with E-state index in [1.54, 1.807) is 19.2 Å². The fourth-order valence-corrected chi connectivity index (χ4v) is 5.97. The Labute approximate surface area is 200 Å². The smallest absolute Gasteiger partial charge is 0.253 e. The van der Waals surface area contributed by atoms with Crippen molar-refractivity contribution in [3.05, 3.63) is 59.7 Å². The average Bonchev–Trinajstić information content (AvgIpc) is 2.87. The number of aryl methyl sites for hydroxylation is 1. The topological polar surface area (TPSA) is 96.0 Å². The maximum absolute atomic E-state index is 13.1. The van der Waals surface area contributed by atoms with Gasteiger partial charge in [0.1, 0.15) is 5.75 Å². The number of carbonyl (C=O) groups is 2. The summed E-state index contributed by atoms with van der Waals surface area (Å²) in [6.07, 6.45) is 3.94. The highest BCUT2D eigenvalue weighted by molar-refractivity contribution is 7.89. The van der Waals surface area contributed by atoms with Crippen molar-refractivity contribution in [2.75, 3.05) is 39.8 Å². The third-order valence-corrected chi connectivity index (χ3v) is 8.47. The Kier molecular flexibility index (Phi) is 7.53. The lowest BCUT2D eigenvalue weighted by Crippen LogP contribution is -2.49. The van der Waals surface area contributed by atoms with Gasteiger partial charge in [0.15, 0.2) is 0 Å². The fraction of sp³-hybridized carbons (Fsp3) is 0.440. The predicted octanol–water partition coefficient (Wildman–Crippen LogP) is 2.30. The summed E-state index contributed by atoms with van der Waals surface area (Å²) in [7, 11) is -2.17. The number of hydrogen-bond acceptors (Lipinski definition) is 5. The summed E-state index contributed by atoms with van der Waals surface area (Å²) >= 11 is 0. The van der Waals surface area contributed by atoms with Gasteiger partial charge in [-0.2, -0.15) is 4.31 Å². The first-order chi connectivity index (χ1) is 16.4. The third kappa shape index (κ3) is 5.59. The molecule has 0 bridgehead atoms. The fourth-order valence-electron chi connectivity index (χ4n) is 4.53. The molecule has 0 radical (unpaired) electrons. The van der Waals surface area contributed by atoms with E-state index >= 15 is 0 Å². The molecule has 0 saturated carbocycles. The van der Waals surface area contributed by atoms with Crippen LogP contribution in [0.1, 0.15) is 35.2 Å². The Balaban J connectivity index is 1.33. The number of piperazine rings is 1. The zero-order valence-corrected chi connectivity index (χ0v) is 20.2. The molecule has 8 nitrogen and oxygen atoms in total. The first-order valence-electron chi connectivity index (χ1n) is 11.7. The Morgan fingerprint density at radius 1 is 1.09 bits per heavy atom. The van der Waals surface area contributed by atoms with E-state index < -0.39 is 10.0 Å². The molecule has 0 aliphatic carbocycles. The Hall–Kier alpha value is -2.91. The van der Waals surface area contributed by atoms with Gasteiger partial charge in [0.25, 0.3) is 5.91 Å². The summed E-state index contributed by atoms with van der Waals surface area (Å²) in [6.45, 7) is 1.62. The van der Waals surface area contributed by atoms with Crippen molar-refractivity contribution >= 4 is 21.8 Å². The monoisotopic (exact) mass is 485 g/mol. The van der Waals surface area contributed by atoms with Gasteiger partial charge in [-0.15, -0.1) is 0 Å². The second-order valence-electron chi connectivity index (χ2n) is 8.84. The summed E-state index contributed by atoms with van der Waals surface area (Å²) in [5, 5.41) is 2.62. The summed E-state index contributed by atoms with van der Waals surface area (Å²) in [5.41, 5.74) is 1.64. The second-order valence-corrected chi connectivity index (χ2v) is 10.8. The highest BCUT2D eigenvalue weighted by Crippen LogP contribution is 2.25. The van der Waals surface area contributed by atoms with Gasteiger partial charge in [0.2, 0.25) is 15.9 Å². The molecule has 2 aliphatic rings. The Morgan fingerprint density at radius 2 is 1.82 bits per heavy atom. The molecule has 0 spiro atoms. The van der Waals surface area contributed by atoms with E-state index in [-0.39, 0.29) is 36.3 Å². The van der Waals surface area contributed by atoms with Crippen LogP contribution in [0.25, 0.3) is 0 Å². The number of rotatable bonds is 7. The van der Waals surface area contributed by atoms with Crippen molar-refractivity contribution in [1.82, 2.24) is 14.5 Å². The zero-order valence-electron chi connectivity index (χ0n) is 19.4. The van der Waals surface area contributed by atoms with Gasteiger partial charge in [0.05, 0.1) is 18.6 Å². The first-order valence-corrected chi connectivity index (χ1v) is 13.1. The minimum atomic E-state index is -3.83. The largest absolute Gasteiger partial charge is 0.497 e. The molecule has 4 rings (SSSR count). The Morgan fingerprint density at radius 3 is 2.50 bits per heavy atom. The molecule has 2 aromatic rings. The molecule has 2 heterocycles. The van der Waals surface area contributed by atoms with Crippen LogP contribution in [0.4, 0.5) is 0 Å². The lowest BCUT2D eigenvalue weighted by molar-refractivity contribution is -0.122. The maximum Gasteiger partial charge on any atom is 0.253 e. The van der Waals surface area contributed by atoms with Crippen molar-refractivity contribution in [1.29, 1.82) is 0 Å². The number of ether oxygens (including phenoxy) is 1. The molecule has 2 saturated heterocycles. The summed E-state index contributed by atoms with van der Waals surface area (Å²) in [4.78, 5) is 26.6. The van der Waals surface area contributed by atoms with Crippen LogP contribution in [0, 0.1) is 5.92 Å². The van der Waals surface area contributed by atoms with Crippen molar-refractivity contribution < 1.29 is 22.7 Å². The third-order valence-electron chi connectivity index (χ3n) is 6.62. The first kappa shape index (κ1) is 24.2. The molecule has 0 atom stereocenters. The number of hydrogen-bond donors (Lipinski definition) is 1. The number of nitrogens with zero attached hydrogens (tertiary/aromatic N) is 2. The number of methoxy groups -OCH3 is 1. The van der Waals surface area contributed by atoms with Crippen LogP contribution in [-0.2, 0) is 21.2 Å². The van der Waals surface area contributed by atoms with Gasteiger partial charge in [-0.25, -0.2) is 8.42 Å². The van der Waals surface area contributed by atoms with Crippen molar-refractivity contribution in [2.24, 2.45) is 5.92 Å². The van der Waals surface area contributed by atoms with E-state index in [0.29, 0.717) is 24.6 Å². The summed E-state index contributed by atoms with van der Waals surface area (Å²) < 4.78 is 32.3. The normalized spacial score (nSPS) is 17.9. The van der Waals surface area contributed by atoms with Crippen LogP contribution < -0.4 is 10.1 Å². The van der Waals surface area contributed by atoms with E-state index in [2.05, 4.69) is 17.4 Å². The number of sulfonamides is 1. The molecule has 34 heavy (non-hydrogen) atoms. The van der Waals surface area contributed by atoms with E-state index in [1.807, 2.05) is 17.0 Å². The molecule has 2 aliphatic heterocycles. The zero-order chi connectivity index (χ0) is 24.1. The van der Waals surface area contributed by atoms with Crippen LogP contribution in [-0.4, -0.2) is 69.3 Å². The van der Waals surface area contributed by atoms with E-state index in [1.165, 1.54) is 17.7 Å². The van der Waals surface area contributed by atoms with Crippen molar-refractivity contribution in [3.8, 4) is 5.75 Å². The molecular formula is C25H31N3O5S. The minimum Gasteiger partial charge on any atom is -0.497 e. The van der Waals surface area contributed by atoms with Gasteiger partial charge in [-0.1, -0.05) is 18.2 Å². The standard InChI is InChI=1S/C25H31N3O5S/c1-33-22-9-7-19(8-10-22)5-6-20-11-14-27(15-12-20)25(30)21-3-2-4-23(17-21)34(31,32)28-16-13-26-24(29)18-28/h2-4,7-10,17,20H,5-6,11-16,18H2,1H3,(H,26,29). The van der Waals surface area contributed by atoms with Gasteiger partial charge < -0.3 is 15.0 Å². The van der Waals surface area contributed by atoms with E-state index in [0.717, 1.165) is 35.7 Å². The van der Waals surface area contributed by atoms with Crippen molar-refractivity contribution in [3.63, 3.8) is 0 Å². The number of likely N-dealkylation sites (tertiary alicyclic amines) is 1. The quantitative estimate of drug-likeness (QED) is 0.649. The van der Waals surface area contributed by atoms with E-state index in [9.17, 15) is 18.0 Å². The summed E-state index contributed by atoms with van der Waals surface area (Å²) in [5.74, 6) is 0.941. The SMILES string of the molecule is COc1ccc(CCC2CCN(C(=O)c3cccc(S(=O)(=O)N4CCNC(=O)C4)c3)CC2)cc1. The van der Waals surface area contributed by atoms with Gasteiger partial charge in [0, 0.05) is 31.7 Å². The number of piperidine rings is 1. The highest BCUT2D eigenvalue weighted by atomic mass is 32.2. The maximum atomic E-state index is 13.1. The van der Waals surface area contributed by atoms with Crippen LogP contribution in [0.5, 0.6) is 5.75 Å². The van der Waals surface area contributed by atoms with Gasteiger partial charge >= 0.3 is 0 Å². The second kappa shape index (κ2) is 10.6. The molecule has 2 fully saturated rings. The molecular weight excluding hydrogens is 454 g/mol. The highest BCUT2D eigenvalue weighted by Gasteiger charge is 2.30. The number of nitrogens with one attached hydrogen (secondary N) is 1. The van der Waals surface area contributed by atoms with Gasteiger partial charge in [-0.05, 0) is 67.5 Å². The summed E-state index contributed by atoms with van der Waals surface area (Å²) in [6, 6.07) is 14.3. The number of carbonyl (C=O) groups excluding carboxylic acids is 2. The number of benzene rings is 2. The van der Waals surface area contributed by atoms with Crippen LogP contribution in [0.15, 0.2) is 53.4 Å². The molecule has 0 aromatic heterocycles. The van der Waals surface area contributed by atoms with Crippen LogP contribution in [0.2, 0.25) is 0 Å². The molecule has 9 heteroatoms. The van der Waals surface area contributed by atoms with Crippen LogP contribution >= 0.6 is 0 Å². The predicted molar refractivity (Wildman–Crippen MR) is 128 cm³/mol. The molecule has 0 unspecified atom stereocenters. The van der Waals surface area contributed by atoms with Crippen molar-refractivity contribution in [2.45, 2.75) is 30.6 Å².